The van der Waals surface area contributed by atoms with E-state index in [2.05, 4.69) is 16.8 Å². The van der Waals surface area contributed by atoms with Crippen LogP contribution in [0.25, 0.3) is 6.08 Å². The number of aromatic nitrogens is 1. The molecule has 1 aromatic rings. The van der Waals surface area contributed by atoms with Crippen LogP contribution in [-0.2, 0) is 19.4 Å². The lowest BCUT2D eigenvalue weighted by Crippen LogP contribution is -2.62. The fourth-order valence-electron chi connectivity index (χ4n) is 2.72. The average molecular weight is 344 g/mol. The molecule has 1 aromatic heterocycles. The fourth-order valence-corrected chi connectivity index (χ4v) is 4.57. The van der Waals surface area contributed by atoms with Crippen molar-refractivity contribution in [2.45, 2.75) is 12.3 Å². The van der Waals surface area contributed by atoms with E-state index >= 15 is 0 Å². The van der Waals surface area contributed by atoms with Gasteiger partial charge in [-0.3, -0.25) is 14.7 Å². The fraction of sp³-hybridized carbons (Fsp3) is 0.188. The van der Waals surface area contributed by atoms with Gasteiger partial charge in [-0.1, -0.05) is 12.0 Å². The van der Waals surface area contributed by atoms with Gasteiger partial charge in [-0.25, -0.2) is 13.2 Å². The molecule has 0 aromatic carbocycles. The molecule has 1 N–H and O–H groups in total. The van der Waals surface area contributed by atoms with Crippen molar-refractivity contribution in [1.29, 1.82) is 0 Å². The summed E-state index contributed by atoms with van der Waals surface area (Å²) >= 11 is 0. The molecule has 7 nitrogen and oxygen atoms in total. The Morgan fingerprint density at radius 2 is 2.21 bits per heavy atom. The van der Waals surface area contributed by atoms with Gasteiger partial charge in [-0.15, -0.1) is 5.92 Å². The number of carbonyl (C=O) groups is 2. The van der Waals surface area contributed by atoms with Crippen molar-refractivity contribution >= 4 is 27.8 Å². The zero-order valence-electron chi connectivity index (χ0n) is 12.6. The molecule has 0 unspecified atom stereocenters. The predicted molar refractivity (Wildman–Crippen MR) is 84.7 cm³/mol. The van der Waals surface area contributed by atoms with Gasteiger partial charge in [0.2, 0.25) is 0 Å². The maximum absolute atomic E-state index is 12.5. The molecule has 0 spiro atoms. The Kier molecular flexibility index (Phi) is 3.73. The topological polar surface area (TPSA) is 105 Å². The number of rotatable bonds is 2. The van der Waals surface area contributed by atoms with Gasteiger partial charge in [0.05, 0.1) is 17.0 Å². The van der Waals surface area contributed by atoms with Crippen LogP contribution in [0.4, 0.5) is 0 Å². The second-order valence-electron chi connectivity index (χ2n) is 5.20. The number of nitrogens with zero attached hydrogens (tertiary/aromatic N) is 2. The molecule has 0 radical (unpaired) electrons. The number of carboxylic acids is 1. The van der Waals surface area contributed by atoms with Gasteiger partial charge in [0.15, 0.2) is 15.2 Å². The van der Waals surface area contributed by atoms with E-state index in [0.29, 0.717) is 5.69 Å². The molecule has 0 aliphatic carbocycles. The first-order valence-electron chi connectivity index (χ1n) is 6.94. The van der Waals surface area contributed by atoms with Crippen LogP contribution in [0, 0.1) is 11.8 Å². The van der Waals surface area contributed by atoms with Crippen LogP contribution in [0.15, 0.2) is 41.2 Å². The van der Waals surface area contributed by atoms with E-state index in [1.54, 1.807) is 18.2 Å². The molecule has 8 heteroatoms. The smallest absolute Gasteiger partial charge is 0.353 e. The third-order valence-electron chi connectivity index (χ3n) is 3.65. The van der Waals surface area contributed by atoms with Crippen LogP contribution in [0.2, 0.25) is 0 Å². The van der Waals surface area contributed by atoms with Crippen LogP contribution in [0.5, 0.6) is 0 Å². The highest BCUT2D eigenvalue weighted by Gasteiger charge is 2.56. The van der Waals surface area contributed by atoms with Crippen molar-refractivity contribution in [3.8, 4) is 11.8 Å². The Morgan fingerprint density at radius 3 is 2.79 bits per heavy atom. The van der Waals surface area contributed by atoms with Crippen molar-refractivity contribution in [1.82, 2.24) is 9.88 Å². The lowest BCUT2D eigenvalue weighted by Gasteiger charge is -2.44. The lowest BCUT2D eigenvalue weighted by atomic mass is 10.0. The van der Waals surface area contributed by atoms with E-state index < -0.39 is 32.8 Å². The van der Waals surface area contributed by atoms with Gasteiger partial charge in [0.25, 0.3) is 5.91 Å². The average Bonchev–Trinajstić information content (AvgIpc) is 2.52. The van der Waals surface area contributed by atoms with Gasteiger partial charge in [-0.05, 0) is 25.1 Å². The summed E-state index contributed by atoms with van der Waals surface area (Å²) in [6.07, 6.45) is 2.89. The number of aliphatic carboxylic acids is 1. The number of carboxylic acid groups (broad SMARTS) is 1. The van der Waals surface area contributed by atoms with Gasteiger partial charge < -0.3 is 5.11 Å². The molecule has 1 saturated heterocycles. The van der Waals surface area contributed by atoms with Crippen molar-refractivity contribution in [2.24, 2.45) is 0 Å². The Balaban J connectivity index is 2.13. The maximum Gasteiger partial charge on any atom is 0.353 e. The van der Waals surface area contributed by atoms with E-state index in [0.717, 1.165) is 4.90 Å². The minimum atomic E-state index is -3.78. The minimum absolute atomic E-state index is 0.0101. The number of β-lactam (4-membered cyclic amide) rings is 1. The molecule has 1 amide bonds. The molecule has 0 saturated carbocycles. The molecular weight excluding hydrogens is 332 g/mol. The van der Waals surface area contributed by atoms with Crippen LogP contribution in [0.1, 0.15) is 12.6 Å². The second-order valence-corrected chi connectivity index (χ2v) is 7.26. The number of carbonyl (C=O) groups excluding carboxylic acids is 1. The molecule has 24 heavy (non-hydrogen) atoms. The molecule has 3 rings (SSSR count). The summed E-state index contributed by atoms with van der Waals surface area (Å²) in [5.74, 6) is 2.42. The van der Waals surface area contributed by atoms with Crippen molar-refractivity contribution in [3.05, 3.63) is 46.9 Å². The summed E-state index contributed by atoms with van der Waals surface area (Å²) in [7, 11) is -3.78. The van der Waals surface area contributed by atoms with Gasteiger partial charge in [0.1, 0.15) is 5.70 Å². The Morgan fingerprint density at radius 1 is 1.46 bits per heavy atom. The molecule has 1 atom stereocenters. The Bertz CT molecular complexity index is 965. The van der Waals surface area contributed by atoms with E-state index in [-0.39, 0.29) is 16.8 Å². The molecule has 2 aliphatic heterocycles. The second kappa shape index (κ2) is 5.62. The molecule has 3 heterocycles. The summed E-state index contributed by atoms with van der Waals surface area (Å²) in [5, 5.41) is 8.07. The molecule has 2 aliphatic rings. The van der Waals surface area contributed by atoms with Crippen LogP contribution in [0.3, 0.4) is 0 Å². The highest BCUT2D eigenvalue weighted by Crippen LogP contribution is 2.40. The van der Waals surface area contributed by atoms with E-state index in [9.17, 15) is 23.1 Å². The van der Waals surface area contributed by atoms with Gasteiger partial charge in [0, 0.05) is 11.8 Å². The first-order chi connectivity index (χ1) is 11.4. The number of hydrogen-bond acceptors (Lipinski definition) is 5. The SMILES string of the molecule is CC#CC1=C(C(=O)O)N2C(=O)C(=Cc3ccccn3)[C@H]2S(=O)(=O)C1. The predicted octanol–water partition coefficient (Wildman–Crippen LogP) is 0.424. The van der Waals surface area contributed by atoms with Crippen LogP contribution in [-0.4, -0.2) is 46.4 Å². The summed E-state index contributed by atoms with van der Waals surface area (Å²) in [6, 6.07) is 5.02. The lowest BCUT2D eigenvalue weighted by molar-refractivity contribution is -0.141. The van der Waals surface area contributed by atoms with E-state index in [4.69, 9.17) is 0 Å². The zero-order valence-corrected chi connectivity index (χ0v) is 13.4. The number of sulfone groups is 1. The number of amides is 1. The normalized spacial score (nSPS) is 23.2. The van der Waals surface area contributed by atoms with Crippen LogP contribution >= 0.6 is 0 Å². The highest BCUT2D eigenvalue weighted by molar-refractivity contribution is 7.92. The van der Waals surface area contributed by atoms with E-state index in [1.807, 2.05) is 0 Å². The first kappa shape index (κ1) is 16.0. The third-order valence-corrected chi connectivity index (χ3v) is 5.48. The number of fused-ring (bicyclic) bond motifs is 1. The molecular formula is C16H12N2O5S. The van der Waals surface area contributed by atoms with Crippen molar-refractivity contribution in [3.63, 3.8) is 0 Å². The summed E-state index contributed by atoms with van der Waals surface area (Å²) in [6.45, 7) is 1.47. The van der Waals surface area contributed by atoms with Gasteiger partial charge >= 0.3 is 5.97 Å². The zero-order chi connectivity index (χ0) is 17.5. The molecule has 122 valence electrons. The summed E-state index contributed by atoms with van der Waals surface area (Å²) in [4.78, 5) is 28.7. The molecule has 1 fully saturated rings. The summed E-state index contributed by atoms with van der Waals surface area (Å²) < 4.78 is 25.0. The highest BCUT2D eigenvalue weighted by atomic mass is 32.2. The quantitative estimate of drug-likeness (QED) is 0.474. The van der Waals surface area contributed by atoms with Crippen molar-refractivity contribution in [2.75, 3.05) is 5.75 Å². The molecule has 0 bridgehead atoms. The standard InChI is InChI=1S/C16H12N2O5S/c1-2-5-10-9-24(22,23)15-12(8-11-6-3-4-7-17-11)14(19)18(15)13(10)16(20)21/h3-4,6-8,15H,9H2,1H3,(H,20,21)/t15-/m1/s1. The largest absolute Gasteiger partial charge is 0.477 e. The first-order valence-corrected chi connectivity index (χ1v) is 8.65. The monoisotopic (exact) mass is 344 g/mol. The Labute approximate surface area is 138 Å². The maximum atomic E-state index is 12.5. The third kappa shape index (κ3) is 2.39. The minimum Gasteiger partial charge on any atom is -0.477 e. The van der Waals surface area contributed by atoms with Crippen LogP contribution < -0.4 is 0 Å². The number of pyridine rings is 1. The van der Waals surface area contributed by atoms with Crippen molar-refractivity contribution < 1.29 is 23.1 Å². The number of hydrogen-bond donors (Lipinski definition) is 1. The van der Waals surface area contributed by atoms with E-state index in [1.165, 1.54) is 19.2 Å². The Hall–Kier alpha value is -2.92. The summed E-state index contributed by atoms with van der Waals surface area (Å²) in [5.41, 5.74) is -0.00880. The van der Waals surface area contributed by atoms with Gasteiger partial charge in [-0.2, -0.15) is 0 Å².